The van der Waals surface area contributed by atoms with E-state index in [1.165, 1.54) is 18.3 Å². The Morgan fingerprint density at radius 3 is 2.42 bits per heavy atom. The molecule has 0 spiro atoms. The molecule has 0 atom stereocenters. The van der Waals surface area contributed by atoms with Gasteiger partial charge in [-0.05, 0) is 43.7 Å². The molecule has 3 rings (SSSR count). The number of aromatic nitrogens is 3. The molecule has 0 aliphatic heterocycles. The van der Waals surface area contributed by atoms with Crippen LogP contribution in [0.3, 0.4) is 0 Å². The Balaban J connectivity index is 1.67. The van der Waals surface area contributed by atoms with Crippen LogP contribution in [0, 0.1) is 19.7 Å². The molecule has 2 heterocycles. The van der Waals surface area contributed by atoms with E-state index >= 15 is 0 Å². The first-order valence-electron chi connectivity index (χ1n) is 7.84. The third-order valence-electron chi connectivity index (χ3n) is 3.73. The fraction of sp³-hybridized carbons (Fsp3) is 0.176. The number of halogens is 1. The highest BCUT2D eigenvalue weighted by molar-refractivity contribution is 7.92. The van der Waals surface area contributed by atoms with Gasteiger partial charge in [0.1, 0.15) is 16.5 Å². The third kappa shape index (κ3) is 3.99. The van der Waals surface area contributed by atoms with Crippen molar-refractivity contribution in [2.45, 2.75) is 25.3 Å². The number of nitrogens with one attached hydrogen (secondary N) is 3. The minimum Gasteiger partial charge on any atom is -0.366 e. The van der Waals surface area contributed by atoms with Gasteiger partial charge < -0.3 is 5.32 Å². The van der Waals surface area contributed by atoms with E-state index in [4.69, 9.17) is 0 Å². The zero-order valence-corrected chi connectivity index (χ0v) is 15.1. The predicted molar refractivity (Wildman–Crippen MR) is 96.8 cm³/mol. The number of hydrogen-bond donors (Lipinski definition) is 3. The second-order valence-electron chi connectivity index (χ2n) is 5.78. The Hall–Kier alpha value is -2.94. The number of anilines is 2. The van der Waals surface area contributed by atoms with Crippen molar-refractivity contribution in [1.82, 2.24) is 15.2 Å². The summed E-state index contributed by atoms with van der Waals surface area (Å²) >= 11 is 0. The molecule has 0 amide bonds. The maximum Gasteiger partial charge on any atom is 0.265 e. The summed E-state index contributed by atoms with van der Waals surface area (Å²) < 4.78 is 40.3. The second kappa shape index (κ2) is 7.12. The Morgan fingerprint density at radius 2 is 1.85 bits per heavy atom. The summed E-state index contributed by atoms with van der Waals surface area (Å²) in [5, 5.41) is 9.65. The van der Waals surface area contributed by atoms with E-state index in [-0.39, 0.29) is 10.7 Å². The lowest BCUT2D eigenvalue weighted by Crippen LogP contribution is -2.14. The van der Waals surface area contributed by atoms with Crippen molar-refractivity contribution in [3.05, 3.63) is 65.4 Å². The second-order valence-corrected chi connectivity index (χ2v) is 7.40. The van der Waals surface area contributed by atoms with Crippen LogP contribution in [0.15, 0.2) is 47.5 Å². The highest BCUT2D eigenvalue weighted by Crippen LogP contribution is 2.21. The van der Waals surface area contributed by atoms with E-state index in [2.05, 4.69) is 25.2 Å². The van der Waals surface area contributed by atoms with Crippen LogP contribution in [0.5, 0.6) is 0 Å². The molecule has 0 radical (unpaired) electrons. The van der Waals surface area contributed by atoms with Gasteiger partial charge in [-0.25, -0.2) is 17.8 Å². The van der Waals surface area contributed by atoms with Gasteiger partial charge >= 0.3 is 0 Å². The van der Waals surface area contributed by atoms with Crippen molar-refractivity contribution in [3.63, 3.8) is 0 Å². The number of sulfonamides is 1. The summed E-state index contributed by atoms with van der Waals surface area (Å²) in [7, 11) is -3.74. The number of nitrogens with zero attached hydrogens (tertiary/aromatic N) is 2. The standard InChI is InChI=1S/C17H18FN5O2S/c1-11-17(12(2)22-21-11)26(24,25)23-15-7-8-16(20-10-15)19-9-13-3-5-14(18)6-4-13/h3-8,10,23H,9H2,1-2H3,(H,19,20)(H,21,22). The van der Waals surface area contributed by atoms with Crippen LogP contribution in [0.2, 0.25) is 0 Å². The lowest BCUT2D eigenvalue weighted by molar-refractivity contribution is 0.600. The molecule has 0 aliphatic carbocycles. The minimum atomic E-state index is -3.74. The molecular weight excluding hydrogens is 357 g/mol. The van der Waals surface area contributed by atoms with Crippen molar-refractivity contribution in [3.8, 4) is 0 Å². The number of rotatable bonds is 6. The van der Waals surface area contributed by atoms with E-state index in [0.717, 1.165) is 5.56 Å². The quantitative estimate of drug-likeness (QED) is 0.615. The van der Waals surface area contributed by atoms with Crippen LogP contribution >= 0.6 is 0 Å². The first-order chi connectivity index (χ1) is 12.3. The number of aryl methyl sites for hydroxylation is 2. The minimum absolute atomic E-state index is 0.135. The Labute approximate surface area is 150 Å². The zero-order valence-electron chi connectivity index (χ0n) is 14.2. The molecule has 0 bridgehead atoms. The first-order valence-corrected chi connectivity index (χ1v) is 9.32. The third-order valence-corrected chi connectivity index (χ3v) is 5.38. The molecule has 136 valence electrons. The molecule has 1 aromatic carbocycles. The summed E-state index contributed by atoms with van der Waals surface area (Å²) in [6.07, 6.45) is 1.43. The van der Waals surface area contributed by atoms with Gasteiger partial charge in [0, 0.05) is 6.54 Å². The van der Waals surface area contributed by atoms with Crippen LogP contribution in [-0.2, 0) is 16.6 Å². The average Bonchev–Trinajstić information content (AvgIpc) is 2.95. The fourth-order valence-corrected chi connectivity index (χ4v) is 3.91. The Kier molecular flexibility index (Phi) is 4.90. The van der Waals surface area contributed by atoms with Crippen molar-refractivity contribution >= 4 is 21.5 Å². The van der Waals surface area contributed by atoms with Gasteiger partial charge in [-0.15, -0.1) is 0 Å². The number of pyridine rings is 1. The largest absolute Gasteiger partial charge is 0.366 e. The molecule has 3 aromatic rings. The highest BCUT2D eigenvalue weighted by atomic mass is 32.2. The molecule has 2 aromatic heterocycles. The lowest BCUT2D eigenvalue weighted by atomic mass is 10.2. The topological polar surface area (TPSA) is 99.8 Å². The van der Waals surface area contributed by atoms with E-state index in [1.54, 1.807) is 38.1 Å². The maximum absolute atomic E-state index is 12.9. The van der Waals surface area contributed by atoms with Crippen molar-refractivity contribution < 1.29 is 12.8 Å². The summed E-state index contributed by atoms with van der Waals surface area (Å²) in [5.74, 6) is 0.291. The number of hydrogen-bond acceptors (Lipinski definition) is 5. The molecule has 0 saturated heterocycles. The van der Waals surface area contributed by atoms with Crippen molar-refractivity contribution in [1.29, 1.82) is 0 Å². The number of benzene rings is 1. The smallest absolute Gasteiger partial charge is 0.265 e. The fourth-order valence-electron chi connectivity index (χ4n) is 2.50. The molecule has 0 saturated carbocycles. The molecule has 0 aliphatic rings. The molecule has 0 unspecified atom stereocenters. The van der Waals surface area contributed by atoms with Crippen LogP contribution < -0.4 is 10.0 Å². The van der Waals surface area contributed by atoms with Crippen molar-refractivity contribution in [2.24, 2.45) is 0 Å². The van der Waals surface area contributed by atoms with E-state index in [9.17, 15) is 12.8 Å². The Bertz CT molecular complexity index is 979. The van der Waals surface area contributed by atoms with Gasteiger partial charge in [-0.2, -0.15) is 5.10 Å². The summed E-state index contributed by atoms with van der Waals surface area (Å²) in [5.41, 5.74) is 2.13. The van der Waals surface area contributed by atoms with E-state index < -0.39 is 10.0 Å². The predicted octanol–water partition coefficient (Wildman–Crippen LogP) is 2.97. The van der Waals surface area contributed by atoms with E-state index in [0.29, 0.717) is 29.4 Å². The van der Waals surface area contributed by atoms with Gasteiger partial charge in [0.15, 0.2) is 0 Å². The molecule has 9 heteroatoms. The van der Waals surface area contributed by atoms with Crippen LogP contribution in [0.1, 0.15) is 17.0 Å². The highest BCUT2D eigenvalue weighted by Gasteiger charge is 2.22. The first kappa shape index (κ1) is 17.9. The van der Waals surface area contributed by atoms with Gasteiger partial charge in [-0.3, -0.25) is 9.82 Å². The van der Waals surface area contributed by atoms with E-state index in [1.807, 2.05) is 0 Å². The lowest BCUT2D eigenvalue weighted by Gasteiger charge is -2.09. The SMILES string of the molecule is Cc1n[nH]c(C)c1S(=O)(=O)Nc1ccc(NCc2ccc(F)cc2)nc1. The molecule has 26 heavy (non-hydrogen) atoms. The van der Waals surface area contributed by atoms with Crippen LogP contribution in [0.4, 0.5) is 15.9 Å². The monoisotopic (exact) mass is 375 g/mol. The van der Waals surface area contributed by atoms with Gasteiger partial charge in [-0.1, -0.05) is 12.1 Å². The summed E-state index contributed by atoms with van der Waals surface area (Å²) in [6, 6.07) is 9.42. The van der Waals surface area contributed by atoms with Crippen LogP contribution in [0.25, 0.3) is 0 Å². The summed E-state index contributed by atoms with van der Waals surface area (Å²) in [6.45, 7) is 3.75. The van der Waals surface area contributed by atoms with Gasteiger partial charge in [0.05, 0.1) is 23.3 Å². The normalized spacial score (nSPS) is 11.3. The number of aromatic amines is 1. The zero-order chi connectivity index (χ0) is 18.7. The van der Waals surface area contributed by atoms with Gasteiger partial charge in [0.2, 0.25) is 0 Å². The number of H-pyrrole nitrogens is 1. The Morgan fingerprint density at radius 1 is 1.12 bits per heavy atom. The summed E-state index contributed by atoms with van der Waals surface area (Å²) in [4.78, 5) is 4.32. The molecule has 0 fully saturated rings. The van der Waals surface area contributed by atoms with Crippen LogP contribution in [-0.4, -0.2) is 23.6 Å². The molecular formula is C17H18FN5O2S. The van der Waals surface area contributed by atoms with Crippen molar-refractivity contribution in [2.75, 3.05) is 10.0 Å². The molecule has 7 nitrogen and oxygen atoms in total. The van der Waals surface area contributed by atoms with Gasteiger partial charge in [0.25, 0.3) is 10.0 Å². The maximum atomic E-state index is 12.9. The molecule has 3 N–H and O–H groups in total. The average molecular weight is 375 g/mol.